The smallest absolute Gasteiger partial charge is 0.242 e. The maximum Gasteiger partial charge on any atom is 0.242 e. The summed E-state index contributed by atoms with van der Waals surface area (Å²) in [6, 6.07) is -0.229. The number of carbonyl (C=O) groups excluding carboxylic acids is 2. The molecule has 1 saturated heterocycles. The third-order valence-corrected chi connectivity index (χ3v) is 2.94. The van der Waals surface area contributed by atoms with Gasteiger partial charge in [0.2, 0.25) is 11.8 Å². The minimum absolute atomic E-state index is 0.00616. The highest BCUT2D eigenvalue weighted by atomic mass is 16.2. The Kier molecular flexibility index (Phi) is 5.29. The lowest BCUT2D eigenvalue weighted by molar-refractivity contribution is -0.142. The van der Waals surface area contributed by atoms with Gasteiger partial charge in [0, 0.05) is 19.5 Å². The van der Waals surface area contributed by atoms with E-state index in [0.717, 1.165) is 32.2 Å². The van der Waals surface area contributed by atoms with Gasteiger partial charge in [-0.1, -0.05) is 6.92 Å². The summed E-state index contributed by atoms with van der Waals surface area (Å²) in [4.78, 5) is 25.4. The highest BCUT2D eigenvalue weighted by Gasteiger charge is 2.30. The van der Waals surface area contributed by atoms with Crippen LogP contribution in [-0.2, 0) is 9.59 Å². The van der Waals surface area contributed by atoms with E-state index in [1.54, 1.807) is 4.90 Å². The molecule has 1 N–H and O–H groups in total. The van der Waals surface area contributed by atoms with Crippen LogP contribution < -0.4 is 5.32 Å². The van der Waals surface area contributed by atoms with Crippen molar-refractivity contribution in [3.05, 3.63) is 0 Å². The molecule has 1 atom stereocenters. The maximum absolute atomic E-state index is 11.9. The van der Waals surface area contributed by atoms with E-state index in [-0.39, 0.29) is 17.9 Å². The predicted molar refractivity (Wildman–Crippen MR) is 62.9 cm³/mol. The number of carbonyl (C=O) groups is 2. The lowest BCUT2D eigenvalue weighted by atomic mass is 10.0. The van der Waals surface area contributed by atoms with E-state index < -0.39 is 0 Å². The molecule has 1 aliphatic rings. The van der Waals surface area contributed by atoms with Crippen LogP contribution >= 0.6 is 0 Å². The van der Waals surface area contributed by atoms with Crippen LogP contribution in [0, 0.1) is 0 Å². The molecule has 1 fully saturated rings. The van der Waals surface area contributed by atoms with Gasteiger partial charge in [-0.3, -0.25) is 9.59 Å². The van der Waals surface area contributed by atoms with Crippen LogP contribution in [0.5, 0.6) is 0 Å². The average Bonchev–Trinajstić information content (AvgIpc) is 2.30. The molecule has 1 rings (SSSR count). The zero-order chi connectivity index (χ0) is 12.0. The Morgan fingerprint density at radius 3 is 2.69 bits per heavy atom. The SMILES string of the molecule is CCCC(=O)N1CCCCC1C(=O)NCC. The Morgan fingerprint density at radius 1 is 1.31 bits per heavy atom. The molecule has 2 amide bonds. The summed E-state index contributed by atoms with van der Waals surface area (Å²) in [5, 5.41) is 2.81. The van der Waals surface area contributed by atoms with E-state index in [0.29, 0.717) is 13.0 Å². The van der Waals surface area contributed by atoms with E-state index in [2.05, 4.69) is 5.32 Å². The topological polar surface area (TPSA) is 49.4 Å². The number of hydrogen-bond donors (Lipinski definition) is 1. The van der Waals surface area contributed by atoms with Gasteiger partial charge in [-0.15, -0.1) is 0 Å². The number of piperidine rings is 1. The van der Waals surface area contributed by atoms with Crippen LogP contribution in [0.1, 0.15) is 46.0 Å². The van der Waals surface area contributed by atoms with Crippen molar-refractivity contribution in [1.82, 2.24) is 10.2 Å². The predicted octanol–water partition coefficient (Wildman–Crippen LogP) is 1.30. The molecule has 4 nitrogen and oxygen atoms in total. The third kappa shape index (κ3) is 3.22. The van der Waals surface area contributed by atoms with Crippen molar-refractivity contribution in [1.29, 1.82) is 0 Å². The van der Waals surface area contributed by atoms with Gasteiger partial charge < -0.3 is 10.2 Å². The number of likely N-dealkylation sites (N-methyl/N-ethyl adjacent to an activating group) is 1. The molecule has 1 heterocycles. The second-order valence-corrected chi connectivity index (χ2v) is 4.24. The van der Waals surface area contributed by atoms with E-state index in [4.69, 9.17) is 0 Å². The van der Waals surface area contributed by atoms with Crippen molar-refractivity contribution in [3.8, 4) is 0 Å². The number of likely N-dealkylation sites (tertiary alicyclic amines) is 1. The first-order valence-corrected chi connectivity index (χ1v) is 6.27. The van der Waals surface area contributed by atoms with Crippen LogP contribution in [0.3, 0.4) is 0 Å². The minimum atomic E-state index is -0.229. The van der Waals surface area contributed by atoms with Crippen LogP contribution in [0.25, 0.3) is 0 Å². The number of nitrogens with one attached hydrogen (secondary N) is 1. The van der Waals surface area contributed by atoms with E-state index >= 15 is 0 Å². The van der Waals surface area contributed by atoms with Crippen LogP contribution in [0.15, 0.2) is 0 Å². The summed E-state index contributed by atoms with van der Waals surface area (Å²) in [6.45, 7) is 5.26. The molecule has 0 aromatic carbocycles. The van der Waals surface area contributed by atoms with Crippen molar-refractivity contribution in [2.45, 2.75) is 52.0 Å². The number of amides is 2. The fourth-order valence-electron chi connectivity index (χ4n) is 2.15. The molecule has 1 unspecified atom stereocenters. The van der Waals surface area contributed by atoms with Gasteiger partial charge in [0.05, 0.1) is 0 Å². The fraction of sp³-hybridized carbons (Fsp3) is 0.833. The van der Waals surface area contributed by atoms with E-state index in [9.17, 15) is 9.59 Å². The summed E-state index contributed by atoms with van der Waals surface area (Å²) in [7, 11) is 0. The molecule has 1 aliphatic heterocycles. The quantitative estimate of drug-likeness (QED) is 0.785. The second kappa shape index (κ2) is 6.51. The van der Waals surface area contributed by atoms with Crippen LogP contribution in [0.4, 0.5) is 0 Å². The van der Waals surface area contributed by atoms with Crippen molar-refractivity contribution < 1.29 is 9.59 Å². The Labute approximate surface area is 97.4 Å². The zero-order valence-corrected chi connectivity index (χ0v) is 10.3. The molecule has 92 valence electrons. The summed E-state index contributed by atoms with van der Waals surface area (Å²) in [5.74, 6) is 0.130. The standard InChI is InChI=1S/C12H22N2O2/c1-3-7-11(15)14-9-6-5-8-10(14)12(16)13-4-2/h10H,3-9H2,1-2H3,(H,13,16). The van der Waals surface area contributed by atoms with Gasteiger partial charge in [-0.05, 0) is 32.6 Å². The Balaban J connectivity index is 2.63. The van der Waals surface area contributed by atoms with Crippen molar-refractivity contribution in [3.63, 3.8) is 0 Å². The molecule has 4 heteroatoms. The van der Waals surface area contributed by atoms with Gasteiger partial charge in [0.1, 0.15) is 6.04 Å². The van der Waals surface area contributed by atoms with Gasteiger partial charge in [0.15, 0.2) is 0 Å². The van der Waals surface area contributed by atoms with Gasteiger partial charge in [0.25, 0.3) is 0 Å². The number of rotatable bonds is 4. The third-order valence-electron chi connectivity index (χ3n) is 2.94. The number of nitrogens with zero attached hydrogens (tertiary/aromatic N) is 1. The highest BCUT2D eigenvalue weighted by Crippen LogP contribution is 2.18. The number of hydrogen-bond acceptors (Lipinski definition) is 2. The summed E-state index contributed by atoms with van der Waals surface area (Å²) >= 11 is 0. The van der Waals surface area contributed by atoms with E-state index in [1.807, 2.05) is 13.8 Å². The molecule has 0 radical (unpaired) electrons. The molecule has 0 aromatic rings. The van der Waals surface area contributed by atoms with Gasteiger partial charge in [-0.2, -0.15) is 0 Å². The first-order chi connectivity index (χ1) is 7.70. The fourth-order valence-corrected chi connectivity index (χ4v) is 2.15. The van der Waals surface area contributed by atoms with Crippen molar-refractivity contribution in [2.75, 3.05) is 13.1 Å². The summed E-state index contributed by atoms with van der Waals surface area (Å²) < 4.78 is 0. The lowest BCUT2D eigenvalue weighted by Gasteiger charge is -2.34. The lowest BCUT2D eigenvalue weighted by Crippen LogP contribution is -2.51. The average molecular weight is 226 g/mol. The molecule has 16 heavy (non-hydrogen) atoms. The Hall–Kier alpha value is -1.06. The molecule has 0 saturated carbocycles. The van der Waals surface area contributed by atoms with E-state index in [1.165, 1.54) is 0 Å². The molecule has 0 spiro atoms. The summed E-state index contributed by atoms with van der Waals surface area (Å²) in [6.07, 6.45) is 4.26. The Bertz CT molecular complexity index is 227. The largest absolute Gasteiger partial charge is 0.355 e. The molecule has 0 bridgehead atoms. The zero-order valence-electron chi connectivity index (χ0n) is 10.3. The molecule has 0 aromatic heterocycles. The molecule has 0 aliphatic carbocycles. The molecular weight excluding hydrogens is 204 g/mol. The minimum Gasteiger partial charge on any atom is -0.355 e. The highest BCUT2D eigenvalue weighted by molar-refractivity contribution is 5.87. The maximum atomic E-state index is 11.9. The van der Waals surface area contributed by atoms with Crippen molar-refractivity contribution in [2.24, 2.45) is 0 Å². The van der Waals surface area contributed by atoms with Crippen molar-refractivity contribution >= 4 is 11.8 Å². The summed E-state index contributed by atoms with van der Waals surface area (Å²) in [5.41, 5.74) is 0. The van der Waals surface area contributed by atoms with Crippen LogP contribution in [0.2, 0.25) is 0 Å². The molecular formula is C12H22N2O2. The monoisotopic (exact) mass is 226 g/mol. The Morgan fingerprint density at radius 2 is 2.06 bits per heavy atom. The van der Waals surface area contributed by atoms with Crippen LogP contribution in [-0.4, -0.2) is 35.8 Å². The first kappa shape index (κ1) is 13.0. The second-order valence-electron chi connectivity index (χ2n) is 4.24. The van der Waals surface area contributed by atoms with Gasteiger partial charge >= 0.3 is 0 Å². The normalized spacial score (nSPS) is 20.6. The first-order valence-electron chi connectivity index (χ1n) is 6.27. The van der Waals surface area contributed by atoms with Gasteiger partial charge in [-0.25, -0.2) is 0 Å².